The second kappa shape index (κ2) is 11.7. The fraction of sp³-hybridized carbons (Fsp3) is 0.423. The maximum Gasteiger partial charge on any atom is 0.221 e. The van der Waals surface area contributed by atoms with Gasteiger partial charge in [-0.25, -0.2) is 0 Å². The lowest BCUT2D eigenvalue weighted by Crippen LogP contribution is -2.32. The Morgan fingerprint density at radius 2 is 1.70 bits per heavy atom. The van der Waals surface area contributed by atoms with E-state index >= 15 is 0 Å². The zero-order valence-corrected chi connectivity index (χ0v) is 18.1. The lowest BCUT2D eigenvalue weighted by molar-refractivity contribution is -0.114. The predicted octanol–water partition coefficient (Wildman–Crippen LogP) is 4.93. The van der Waals surface area contributed by atoms with Gasteiger partial charge in [-0.05, 0) is 67.3 Å². The first kappa shape index (κ1) is 22.3. The summed E-state index contributed by atoms with van der Waals surface area (Å²) < 4.78 is 0. The highest BCUT2D eigenvalue weighted by Crippen LogP contribution is 2.29. The molecule has 4 heteroatoms. The molecule has 3 N–H and O–H groups in total. The van der Waals surface area contributed by atoms with E-state index in [9.17, 15) is 4.79 Å². The first-order valence-corrected chi connectivity index (χ1v) is 11.1. The van der Waals surface area contributed by atoms with Crippen LogP contribution in [0.15, 0.2) is 60.7 Å². The number of carbonyl (C=O) groups is 1. The fourth-order valence-corrected chi connectivity index (χ4v) is 4.28. The molecule has 160 valence electrons. The van der Waals surface area contributed by atoms with Gasteiger partial charge in [-0.3, -0.25) is 9.69 Å². The van der Waals surface area contributed by atoms with Gasteiger partial charge >= 0.3 is 0 Å². The highest BCUT2D eigenvalue weighted by molar-refractivity contribution is 5.88. The molecule has 3 rings (SSSR count). The molecule has 2 aromatic rings. The molecule has 1 saturated carbocycles. The summed E-state index contributed by atoms with van der Waals surface area (Å²) >= 11 is 0. The lowest BCUT2D eigenvalue weighted by atomic mass is 9.82. The van der Waals surface area contributed by atoms with Crippen molar-refractivity contribution >= 4 is 17.7 Å². The van der Waals surface area contributed by atoms with Crippen LogP contribution in [0.3, 0.4) is 0 Å². The van der Waals surface area contributed by atoms with E-state index in [1.54, 1.807) is 0 Å². The van der Waals surface area contributed by atoms with Gasteiger partial charge in [0.2, 0.25) is 5.91 Å². The third-order valence-corrected chi connectivity index (χ3v) is 5.97. The van der Waals surface area contributed by atoms with E-state index in [0.29, 0.717) is 5.92 Å². The third-order valence-electron chi connectivity index (χ3n) is 5.97. The van der Waals surface area contributed by atoms with Crippen molar-refractivity contribution in [1.29, 1.82) is 0 Å². The molecule has 30 heavy (non-hydrogen) atoms. The Balaban J connectivity index is 1.62. The summed E-state index contributed by atoms with van der Waals surface area (Å²) in [5.74, 6) is 1.43. The summed E-state index contributed by atoms with van der Waals surface area (Å²) in [7, 11) is 0. The van der Waals surface area contributed by atoms with Crippen LogP contribution in [0.2, 0.25) is 0 Å². The monoisotopic (exact) mass is 405 g/mol. The Labute approximate surface area is 181 Å². The maximum absolute atomic E-state index is 11.2. The first-order valence-electron chi connectivity index (χ1n) is 11.1. The van der Waals surface area contributed by atoms with Crippen molar-refractivity contribution in [2.24, 2.45) is 17.6 Å². The van der Waals surface area contributed by atoms with Crippen molar-refractivity contribution in [2.45, 2.75) is 39.2 Å². The van der Waals surface area contributed by atoms with E-state index in [-0.39, 0.29) is 5.91 Å². The van der Waals surface area contributed by atoms with Crippen molar-refractivity contribution in [1.82, 2.24) is 4.90 Å². The summed E-state index contributed by atoms with van der Waals surface area (Å²) in [6.45, 7) is 5.32. The van der Waals surface area contributed by atoms with Gasteiger partial charge < -0.3 is 11.1 Å². The van der Waals surface area contributed by atoms with Crippen molar-refractivity contribution in [3.8, 4) is 0 Å². The van der Waals surface area contributed by atoms with Crippen LogP contribution in [-0.2, 0) is 11.3 Å². The molecule has 0 bridgehead atoms. The Kier molecular flexibility index (Phi) is 8.66. The third kappa shape index (κ3) is 7.43. The van der Waals surface area contributed by atoms with Crippen LogP contribution in [0.5, 0.6) is 0 Å². The average Bonchev–Trinajstić information content (AvgIpc) is 2.76. The molecule has 0 atom stereocenters. The Bertz CT molecular complexity index is 793. The zero-order chi connectivity index (χ0) is 21.2. The van der Waals surface area contributed by atoms with Gasteiger partial charge in [0.25, 0.3) is 0 Å². The number of nitrogens with zero attached hydrogens (tertiary/aromatic N) is 1. The molecule has 4 nitrogen and oxygen atoms in total. The number of nitrogens with one attached hydrogen (secondary N) is 1. The molecule has 1 amide bonds. The van der Waals surface area contributed by atoms with Crippen LogP contribution in [0.1, 0.15) is 43.7 Å². The predicted molar refractivity (Wildman–Crippen MR) is 126 cm³/mol. The summed E-state index contributed by atoms with van der Waals surface area (Å²) in [6, 6.07) is 18.7. The Morgan fingerprint density at radius 1 is 1.03 bits per heavy atom. The van der Waals surface area contributed by atoms with Gasteiger partial charge in [-0.15, -0.1) is 0 Å². The van der Waals surface area contributed by atoms with E-state index in [0.717, 1.165) is 37.8 Å². The van der Waals surface area contributed by atoms with E-state index in [2.05, 4.69) is 58.8 Å². The number of rotatable bonds is 9. The van der Waals surface area contributed by atoms with Gasteiger partial charge in [-0.1, -0.05) is 54.6 Å². The average molecular weight is 406 g/mol. The number of nitrogens with two attached hydrogens (primary N) is 1. The molecule has 2 aromatic carbocycles. The molecule has 0 unspecified atom stereocenters. The van der Waals surface area contributed by atoms with Crippen LogP contribution >= 0.6 is 0 Å². The molecule has 0 aliphatic heterocycles. The SMILES string of the molecule is CC(=O)Nc1ccc(CN(CC=Cc2ccccc2)CC2CCC(CN)CC2)cc1. The molecule has 0 aromatic heterocycles. The van der Waals surface area contributed by atoms with Crippen LogP contribution in [0, 0.1) is 11.8 Å². The maximum atomic E-state index is 11.2. The molecule has 1 aliphatic carbocycles. The first-order chi connectivity index (χ1) is 14.6. The molecule has 0 heterocycles. The van der Waals surface area contributed by atoms with Crippen molar-refractivity contribution in [3.05, 3.63) is 71.8 Å². The van der Waals surface area contributed by atoms with Crippen LogP contribution in [-0.4, -0.2) is 30.4 Å². The molecule has 1 fully saturated rings. The normalized spacial score (nSPS) is 19.3. The van der Waals surface area contributed by atoms with Gasteiger partial charge in [0.15, 0.2) is 0 Å². The molecular formula is C26H35N3O. The largest absolute Gasteiger partial charge is 0.330 e. The second-order valence-electron chi connectivity index (χ2n) is 8.51. The van der Waals surface area contributed by atoms with Gasteiger partial charge in [0.1, 0.15) is 0 Å². The van der Waals surface area contributed by atoms with Gasteiger partial charge in [0.05, 0.1) is 0 Å². The standard InChI is InChI=1S/C26H35N3O/c1-21(30)28-26-15-13-25(14-16-26)20-29(17-5-8-22-6-3-2-4-7-22)19-24-11-9-23(18-27)10-12-24/h2-8,13-16,23-24H,9-12,17-20,27H2,1H3,(H,28,30). The van der Waals surface area contributed by atoms with Crippen molar-refractivity contribution < 1.29 is 4.79 Å². The summed E-state index contributed by atoms with van der Waals surface area (Å²) in [6.07, 6.45) is 9.57. The van der Waals surface area contributed by atoms with Gasteiger partial charge in [-0.2, -0.15) is 0 Å². The topological polar surface area (TPSA) is 58.4 Å². The Morgan fingerprint density at radius 3 is 2.33 bits per heavy atom. The van der Waals surface area contributed by atoms with Gasteiger partial charge in [0, 0.05) is 32.2 Å². The van der Waals surface area contributed by atoms with Crippen LogP contribution < -0.4 is 11.1 Å². The Hall–Kier alpha value is -2.43. The highest BCUT2D eigenvalue weighted by atomic mass is 16.1. The zero-order valence-electron chi connectivity index (χ0n) is 18.1. The minimum atomic E-state index is -0.0384. The molecule has 0 radical (unpaired) electrons. The number of hydrogen-bond donors (Lipinski definition) is 2. The number of anilines is 1. The minimum absolute atomic E-state index is 0.0384. The van der Waals surface area contributed by atoms with Crippen molar-refractivity contribution in [3.63, 3.8) is 0 Å². The molecule has 0 spiro atoms. The number of benzene rings is 2. The number of carbonyl (C=O) groups excluding carboxylic acids is 1. The van der Waals surface area contributed by atoms with E-state index in [4.69, 9.17) is 5.73 Å². The smallest absolute Gasteiger partial charge is 0.221 e. The molecule has 0 saturated heterocycles. The van der Waals surface area contributed by atoms with E-state index in [1.165, 1.54) is 43.7 Å². The van der Waals surface area contributed by atoms with Crippen molar-refractivity contribution in [2.75, 3.05) is 25.0 Å². The summed E-state index contributed by atoms with van der Waals surface area (Å²) in [5.41, 5.74) is 9.23. The second-order valence-corrected chi connectivity index (χ2v) is 8.51. The fourth-order valence-electron chi connectivity index (χ4n) is 4.28. The number of hydrogen-bond acceptors (Lipinski definition) is 3. The quantitative estimate of drug-likeness (QED) is 0.622. The lowest BCUT2D eigenvalue weighted by Gasteiger charge is -2.32. The van der Waals surface area contributed by atoms with E-state index in [1.807, 2.05) is 18.2 Å². The van der Waals surface area contributed by atoms with Crippen LogP contribution in [0.25, 0.3) is 6.08 Å². The number of amides is 1. The summed E-state index contributed by atoms with van der Waals surface area (Å²) in [5, 5.41) is 2.84. The highest BCUT2D eigenvalue weighted by Gasteiger charge is 2.22. The molecular weight excluding hydrogens is 370 g/mol. The van der Waals surface area contributed by atoms with E-state index < -0.39 is 0 Å². The minimum Gasteiger partial charge on any atom is -0.330 e. The summed E-state index contributed by atoms with van der Waals surface area (Å²) in [4.78, 5) is 13.8. The molecule has 1 aliphatic rings. The van der Waals surface area contributed by atoms with Crippen LogP contribution in [0.4, 0.5) is 5.69 Å².